The van der Waals surface area contributed by atoms with E-state index in [-0.39, 0.29) is 11.5 Å². The first kappa shape index (κ1) is 14.1. The van der Waals surface area contributed by atoms with Crippen LogP contribution in [0, 0.1) is 16.0 Å². The van der Waals surface area contributed by atoms with Crippen LogP contribution in [0.5, 0.6) is 11.5 Å². The van der Waals surface area contributed by atoms with Crippen molar-refractivity contribution in [2.24, 2.45) is 5.92 Å². The number of carboxylic acid groups (broad SMARTS) is 1. The number of ether oxygens (including phenoxy) is 2. The minimum Gasteiger partial charge on any atom is -0.493 e. The summed E-state index contributed by atoms with van der Waals surface area (Å²) >= 11 is 0. The predicted octanol–water partition coefficient (Wildman–Crippen LogP) is 2.48. The number of nitro groups is 1. The predicted molar refractivity (Wildman–Crippen MR) is 69.4 cm³/mol. The second kappa shape index (κ2) is 5.77. The Morgan fingerprint density at radius 1 is 1.45 bits per heavy atom. The zero-order valence-electron chi connectivity index (χ0n) is 11.0. The van der Waals surface area contributed by atoms with Crippen LogP contribution in [0.3, 0.4) is 0 Å². The summed E-state index contributed by atoms with van der Waals surface area (Å²) in [5.74, 6) is -0.526. The lowest BCUT2D eigenvalue weighted by Gasteiger charge is -2.25. The monoisotopic (exact) mass is 281 g/mol. The zero-order chi connectivity index (χ0) is 14.7. The fraction of sp³-hybridized carbons (Fsp3) is 0.462. The molecule has 0 aromatic heterocycles. The fourth-order valence-corrected chi connectivity index (χ4v) is 2.01. The Balaban J connectivity index is 2.31. The van der Waals surface area contributed by atoms with Gasteiger partial charge in [-0.3, -0.25) is 10.1 Å². The highest BCUT2D eigenvalue weighted by atomic mass is 16.6. The van der Waals surface area contributed by atoms with Gasteiger partial charge in [0, 0.05) is 6.07 Å². The highest BCUT2D eigenvalue weighted by molar-refractivity contribution is 5.93. The van der Waals surface area contributed by atoms with Crippen LogP contribution in [0.1, 0.15) is 29.6 Å². The molecule has 0 saturated heterocycles. The molecule has 0 radical (unpaired) electrons. The molecular formula is C13H15NO6. The van der Waals surface area contributed by atoms with Crippen molar-refractivity contribution in [3.05, 3.63) is 27.8 Å². The third-order valence-corrected chi connectivity index (χ3v) is 3.41. The Morgan fingerprint density at radius 2 is 2.15 bits per heavy atom. The van der Waals surface area contributed by atoms with E-state index < -0.39 is 22.1 Å². The number of aromatic carboxylic acids is 1. The molecular weight excluding hydrogens is 266 g/mol. The summed E-state index contributed by atoms with van der Waals surface area (Å²) in [4.78, 5) is 21.2. The van der Waals surface area contributed by atoms with E-state index in [0.29, 0.717) is 12.5 Å². The van der Waals surface area contributed by atoms with Crippen LogP contribution < -0.4 is 9.47 Å². The van der Waals surface area contributed by atoms with E-state index in [1.54, 1.807) is 0 Å². The van der Waals surface area contributed by atoms with Crippen molar-refractivity contribution in [1.82, 2.24) is 0 Å². The molecule has 0 spiro atoms. The van der Waals surface area contributed by atoms with Gasteiger partial charge >= 0.3 is 5.97 Å². The Hall–Kier alpha value is -2.31. The highest BCUT2D eigenvalue weighted by Crippen LogP contribution is 2.36. The maximum atomic E-state index is 11.0. The largest absolute Gasteiger partial charge is 0.493 e. The van der Waals surface area contributed by atoms with E-state index in [9.17, 15) is 14.9 Å². The molecule has 0 aliphatic heterocycles. The van der Waals surface area contributed by atoms with Gasteiger partial charge in [-0.15, -0.1) is 0 Å². The molecule has 0 bridgehead atoms. The van der Waals surface area contributed by atoms with E-state index in [4.69, 9.17) is 14.6 Å². The second-order valence-electron chi connectivity index (χ2n) is 4.69. The molecule has 1 aromatic rings. The summed E-state index contributed by atoms with van der Waals surface area (Å²) in [5.41, 5.74) is -0.912. The van der Waals surface area contributed by atoms with Crippen LogP contribution in [-0.4, -0.2) is 29.7 Å². The van der Waals surface area contributed by atoms with Gasteiger partial charge in [-0.05, 0) is 18.8 Å². The lowest BCUT2D eigenvalue weighted by atomic mass is 9.86. The summed E-state index contributed by atoms with van der Waals surface area (Å²) < 4.78 is 10.6. The first-order valence-corrected chi connectivity index (χ1v) is 6.25. The average molecular weight is 281 g/mol. The number of carboxylic acids is 1. The molecule has 7 heteroatoms. The van der Waals surface area contributed by atoms with Crippen molar-refractivity contribution in [2.45, 2.75) is 19.3 Å². The van der Waals surface area contributed by atoms with E-state index >= 15 is 0 Å². The summed E-state index contributed by atoms with van der Waals surface area (Å²) in [5, 5.41) is 19.9. The summed E-state index contributed by atoms with van der Waals surface area (Å²) in [6.07, 6.45) is 3.33. The number of carbonyl (C=O) groups is 1. The van der Waals surface area contributed by atoms with Gasteiger partial charge in [0.25, 0.3) is 5.69 Å². The molecule has 1 saturated carbocycles. The molecule has 1 aromatic carbocycles. The minimum atomic E-state index is -1.37. The number of nitrogens with zero attached hydrogens (tertiary/aromatic N) is 1. The van der Waals surface area contributed by atoms with Gasteiger partial charge in [0.05, 0.1) is 24.7 Å². The van der Waals surface area contributed by atoms with Crippen molar-refractivity contribution in [1.29, 1.82) is 0 Å². The first-order valence-electron chi connectivity index (χ1n) is 6.25. The molecule has 0 heterocycles. The SMILES string of the molecule is COc1cc(C(=O)O)c([N+](=O)[O-])cc1OCC1CCC1. The van der Waals surface area contributed by atoms with Gasteiger partial charge < -0.3 is 14.6 Å². The Labute approximate surface area is 115 Å². The summed E-state index contributed by atoms with van der Waals surface area (Å²) in [6, 6.07) is 2.23. The van der Waals surface area contributed by atoms with Crippen LogP contribution in [0.25, 0.3) is 0 Å². The van der Waals surface area contributed by atoms with Crippen LogP contribution >= 0.6 is 0 Å². The van der Waals surface area contributed by atoms with Gasteiger partial charge in [0.15, 0.2) is 11.5 Å². The molecule has 20 heavy (non-hydrogen) atoms. The molecule has 0 atom stereocenters. The average Bonchev–Trinajstić information content (AvgIpc) is 2.35. The van der Waals surface area contributed by atoms with Gasteiger partial charge in [-0.2, -0.15) is 0 Å². The van der Waals surface area contributed by atoms with Gasteiger partial charge in [-0.1, -0.05) is 6.42 Å². The van der Waals surface area contributed by atoms with Crippen LogP contribution in [-0.2, 0) is 0 Å². The van der Waals surface area contributed by atoms with Crippen molar-refractivity contribution >= 4 is 11.7 Å². The quantitative estimate of drug-likeness (QED) is 0.635. The Morgan fingerprint density at radius 3 is 2.60 bits per heavy atom. The van der Waals surface area contributed by atoms with Gasteiger partial charge in [0.2, 0.25) is 0 Å². The van der Waals surface area contributed by atoms with E-state index in [2.05, 4.69) is 0 Å². The fourth-order valence-electron chi connectivity index (χ4n) is 2.01. The molecule has 108 valence electrons. The number of hydrogen-bond donors (Lipinski definition) is 1. The Bertz CT molecular complexity index is 538. The molecule has 1 aliphatic carbocycles. The first-order chi connectivity index (χ1) is 9.52. The number of hydrogen-bond acceptors (Lipinski definition) is 5. The molecule has 1 N–H and O–H groups in total. The van der Waals surface area contributed by atoms with Crippen LogP contribution in [0.15, 0.2) is 12.1 Å². The van der Waals surface area contributed by atoms with E-state index in [1.807, 2.05) is 0 Å². The van der Waals surface area contributed by atoms with Crippen LogP contribution in [0.4, 0.5) is 5.69 Å². The zero-order valence-corrected chi connectivity index (χ0v) is 11.0. The molecule has 7 nitrogen and oxygen atoms in total. The number of benzene rings is 1. The van der Waals surface area contributed by atoms with Crippen molar-refractivity contribution in [2.75, 3.05) is 13.7 Å². The van der Waals surface area contributed by atoms with Crippen molar-refractivity contribution < 1.29 is 24.3 Å². The number of nitro benzene ring substituents is 1. The van der Waals surface area contributed by atoms with Crippen molar-refractivity contribution in [3.8, 4) is 11.5 Å². The topological polar surface area (TPSA) is 98.9 Å². The highest BCUT2D eigenvalue weighted by Gasteiger charge is 2.25. The number of rotatable bonds is 6. The maximum absolute atomic E-state index is 11.0. The third kappa shape index (κ3) is 2.81. The number of methoxy groups -OCH3 is 1. The van der Waals surface area contributed by atoms with E-state index in [0.717, 1.165) is 25.0 Å². The van der Waals surface area contributed by atoms with Gasteiger partial charge in [0.1, 0.15) is 5.56 Å². The molecule has 1 aliphatic rings. The molecule has 0 unspecified atom stereocenters. The standard InChI is InChI=1S/C13H15NO6/c1-19-11-5-9(13(15)16)10(14(17)18)6-12(11)20-7-8-3-2-4-8/h5-6,8H,2-4,7H2,1H3,(H,15,16). The second-order valence-corrected chi connectivity index (χ2v) is 4.69. The normalized spacial score (nSPS) is 14.4. The minimum absolute atomic E-state index is 0.187. The molecule has 2 rings (SSSR count). The molecule has 1 fully saturated rings. The summed E-state index contributed by atoms with van der Waals surface area (Å²) in [6.45, 7) is 0.458. The smallest absolute Gasteiger partial charge is 0.342 e. The van der Waals surface area contributed by atoms with E-state index in [1.165, 1.54) is 13.5 Å². The van der Waals surface area contributed by atoms with Crippen LogP contribution in [0.2, 0.25) is 0 Å². The Kier molecular flexibility index (Phi) is 4.07. The van der Waals surface area contributed by atoms with Crippen molar-refractivity contribution in [3.63, 3.8) is 0 Å². The lowest BCUT2D eigenvalue weighted by Crippen LogP contribution is -2.19. The van der Waals surface area contributed by atoms with Gasteiger partial charge in [-0.25, -0.2) is 4.79 Å². The maximum Gasteiger partial charge on any atom is 0.342 e. The lowest BCUT2D eigenvalue weighted by molar-refractivity contribution is -0.385. The molecule has 0 amide bonds. The third-order valence-electron chi connectivity index (χ3n) is 3.41. The summed E-state index contributed by atoms with van der Waals surface area (Å²) in [7, 11) is 1.36.